The standard InChI is InChI=1S/C14H14F2N2O2/c1-8-11(13(20)17-7-14(2,15)16)9-5-3-4-6-10(9)18-12(8)19/h3-6H,7H2,1-2H3,(H,17,20)(H,18,19). The number of carbonyl (C=O) groups excluding carboxylic acids is 1. The topological polar surface area (TPSA) is 62.0 Å². The quantitative estimate of drug-likeness (QED) is 0.905. The molecule has 1 heterocycles. The molecule has 2 aromatic rings. The maximum atomic E-state index is 12.8. The minimum absolute atomic E-state index is 0.133. The van der Waals surface area contributed by atoms with Crippen LogP contribution in [0.3, 0.4) is 0 Å². The van der Waals surface area contributed by atoms with Crippen LogP contribution in [0.2, 0.25) is 0 Å². The van der Waals surface area contributed by atoms with Crippen molar-refractivity contribution in [3.8, 4) is 0 Å². The number of hydrogen-bond acceptors (Lipinski definition) is 2. The second-order valence-corrected chi connectivity index (χ2v) is 4.75. The van der Waals surface area contributed by atoms with Crippen LogP contribution in [0.5, 0.6) is 0 Å². The number of hydrogen-bond donors (Lipinski definition) is 2. The first-order valence-electron chi connectivity index (χ1n) is 6.07. The van der Waals surface area contributed by atoms with Crippen LogP contribution in [-0.4, -0.2) is 23.4 Å². The van der Waals surface area contributed by atoms with Crippen LogP contribution in [-0.2, 0) is 0 Å². The van der Waals surface area contributed by atoms with Crippen LogP contribution < -0.4 is 10.9 Å². The van der Waals surface area contributed by atoms with Gasteiger partial charge in [0.25, 0.3) is 17.4 Å². The number of alkyl halides is 2. The first-order chi connectivity index (χ1) is 9.29. The van der Waals surface area contributed by atoms with Gasteiger partial charge in [-0.2, -0.15) is 0 Å². The largest absolute Gasteiger partial charge is 0.346 e. The third-order valence-corrected chi connectivity index (χ3v) is 2.95. The zero-order valence-corrected chi connectivity index (χ0v) is 11.1. The highest BCUT2D eigenvalue weighted by atomic mass is 19.3. The highest BCUT2D eigenvalue weighted by Gasteiger charge is 2.23. The van der Waals surface area contributed by atoms with Crippen molar-refractivity contribution in [1.29, 1.82) is 0 Å². The Morgan fingerprint density at radius 3 is 2.65 bits per heavy atom. The zero-order chi connectivity index (χ0) is 14.9. The van der Waals surface area contributed by atoms with Crippen LogP contribution in [0, 0.1) is 6.92 Å². The fourth-order valence-electron chi connectivity index (χ4n) is 1.96. The van der Waals surface area contributed by atoms with E-state index in [0.717, 1.165) is 6.92 Å². The number of halogens is 2. The van der Waals surface area contributed by atoms with E-state index in [2.05, 4.69) is 10.3 Å². The Balaban J connectivity index is 2.50. The Hall–Kier alpha value is -2.24. The lowest BCUT2D eigenvalue weighted by Gasteiger charge is -2.13. The predicted molar refractivity (Wildman–Crippen MR) is 72.3 cm³/mol. The van der Waals surface area contributed by atoms with Crippen molar-refractivity contribution in [2.24, 2.45) is 0 Å². The first kappa shape index (κ1) is 14.2. The molecular weight excluding hydrogens is 266 g/mol. The molecule has 1 aromatic heterocycles. The summed E-state index contributed by atoms with van der Waals surface area (Å²) in [4.78, 5) is 26.5. The minimum Gasteiger partial charge on any atom is -0.346 e. The summed E-state index contributed by atoms with van der Waals surface area (Å²) in [7, 11) is 0. The van der Waals surface area contributed by atoms with E-state index in [9.17, 15) is 18.4 Å². The maximum Gasteiger partial charge on any atom is 0.262 e. The number of H-pyrrole nitrogens is 1. The summed E-state index contributed by atoms with van der Waals surface area (Å²) in [6, 6.07) is 6.75. The van der Waals surface area contributed by atoms with Crippen LogP contribution in [0.4, 0.5) is 8.78 Å². The number of benzene rings is 1. The molecule has 0 saturated carbocycles. The molecule has 0 fully saturated rings. The summed E-state index contributed by atoms with van der Waals surface area (Å²) in [5, 5.41) is 2.69. The number of nitrogens with one attached hydrogen (secondary N) is 2. The van der Waals surface area contributed by atoms with Gasteiger partial charge in [0, 0.05) is 23.4 Å². The molecular formula is C14H14F2N2O2. The van der Waals surface area contributed by atoms with Crippen molar-refractivity contribution < 1.29 is 13.6 Å². The molecule has 2 N–H and O–H groups in total. The van der Waals surface area contributed by atoms with E-state index < -0.39 is 23.9 Å². The molecule has 2 rings (SSSR count). The van der Waals surface area contributed by atoms with Crippen molar-refractivity contribution >= 4 is 16.8 Å². The van der Waals surface area contributed by atoms with Gasteiger partial charge in [-0.05, 0) is 13.0 Å². The molecule has 0 saturated heterocycles. The summed E-state index contributed by atoms with van der Waals surface area (Å²) >= 11 is 0. The van der Waals surface area contributed by atoms with Crippen LogP contribution in [0.15, 0.2) is 29.1 Å². The molecule has 0 aliphatic carbocycles. The normalized spacial score (nSPS) is 11.6. The number of fused-ring (bicyclic) bond motifs is 1. The van der Waals surface area contributed by atoms with Gasteiger partial charge in [0.05, 0.1) is 12.1 Å². The molecule has 0 spiro atoms. The number of carbonyl (C=O) groups is 1. The molecule has 0 atom stereocenters. The van der Waals surface area contributed by atoms with Crippen LogP contribution >= 0.6 is 0 Å². The lowest BCUT2D eigenvalue weighted by atomic mass is 10.0. The third kappa shape index (κ3) is 2.84. The van der Waals surface area contributed by atoms with Crippen molar-refractivity contribution in [2.75, 3.05) is 6.54 Å². The summed E-state index contributed by atoms with van der Waals surface area (Å²) < 4.78 is 25.6. The molecule has 0 bridgehead atoms. The molecule has 0 unspecified atom stereocenters. The van der Waals surface area contributed by atoms with Crippen molar-refractivity contribution in [2.45, 2.75) is 19.8 Å². The maximum absolute atomic E-state index is 12.8. The molecule has 6 heteroatoms. The number of aromatic nitrogens is 1. The van der Waals surface area contributed by atoms with Gasteiger partial charge in [-0.25, -0.2) is 8.78 Å². The van der Waals surface area contributed by atoms with Gasteiger partial charge in [0.2, 0.25) is 0 Å². The highest BCUT2D eigenvalue weighted by Crippen LogP contribution is 2.18. The van der Waals surface area contributed by atoms with Gasteiger partial charge < -0.3 is 10.3 Å². The molecule has 1 aromatic carbocycles. The molecule has 1 amide bonds. The van der Waals surface area contributed by atoms with E-state index in [1.54, 1.807) is 24.3 Å². The average molecular weight is 280 g/mol. The third-order valence-electron chi connectivity index (χ3n) is 2.95. The summed E-state index contributed by atoms with van der Waals surface area (Å²) in [5.74, 6) is -3.67. The van der Waals surface area contributed by atoms with E-state index >= 15 is 0 Å². The Bertz CT molecular complexity index is 717. The molecule has 0 aliphatic rings. The van der Waals surface area contributed by atoms with Crippen molar-refractivity contribution in [1.82, 2.24) is 10.3 Å². The Labute approximate surface area is 113 Å². The molecule has 0 radical (unpaired) electrons. The Kier molecular flexibility index (Phi) is 3.57. The number of aromatic amines is 1. The number of rotatable bonds is 3. The van der Waals surface area contributed by atoms with Gasteiger partial charge in [0.1, 0.15) is 0 Å². The minimum atomic E-state index is -3.00. The van der Waals surface area contributed by atoms with Crippen molar-refractivity contribution in [3.05, 3.63) is 45.7 Å². The van der Waals surface area contributed by atoms with E-state index in [0.29, 0.717) is 10.9 Å². The molecule has 20 heavy (non-hydrogen) atoms. The monoisotopic (exact) mass is 280 g/mol. The van der Waals surface area contributed by atoms with E-state index in [1.165, 1.54) is 6.92 Å². The van der Waals surface area contributed by atoms with Gasteiger partial charge in [-0.15, -0.1) is 0 Å². The Morgan fingerprint density at radius 1 is 1.35 bits per heavy atom. The van der Waals surface area contributed by atoms with Gasteiger partial charge in [0.15, 0.2) is 0 Å². The SMILES string of the molecule is Cc1c(C(=O)NCC(C)(F)F)c2ccccc2[nH]c1=O. The predicted octanol–water partition coefficient (Wildman–Crippen LogP) is 2.22. The highest BCUT2D eigenvalue weighted by molar-refractivity contribution is 6.07. The van der Waals surface area contributed by atoms with Gasteiger partial charge in [-0.3, -0.25) is 9.59 Å². The summed E-state index contributed by atoms with van der Waals surface area (Å²) in [5.41, 5.74) is 0.433. The second-order valence-electron chi connectivity index (χ2n) is 4.75. The van der Waals surface area contributed by atoms with Gasteiger partial charge >= 0.3 is 0 Å². The zero-order valence-electron chi connectivity index (χ0n) is 11.1. The molecule has 4 nitrogen and oxygen atoms in total. The first-order valence-corrected chi connectivity index (χ1v) is 6.07. The fourth-order valence-corrected chi connectivity index (χ4v) is 1.96. The fraction of sp³-hybridized carbons (Fsp3) is 0.286. The number of pyridine rings is 1. The van der Waals surface area contributed by atoms with E-state index in [1.807, 2.05) is 0 Å². The molecule has 106 valence electrons. The average Bonchev–Trinajstić information content (AvgIpc) is 2.37. The van der Waals surface area contributed by atoms with E-state index in [-0.39, 0.29) is 11.1 Å². The lowest BCUT2D eigenvalue weighted by Crippen LogP contribution is -2.35. The smallest absolute Gasteiger partial charge is 0.262 e. The van der Waals surface area contributed by atoms with Crippen LogP contribution in [0.25, 0.3) is 10.9 Å². The number of para-hydroxylation sites is 1. The van der Waals surface area contributed by atoms with E-state index in [4.69, 9.17) is 0 Å². The summed E-state index contributed by atoms with van der Waals surface area (Å²) in [6.45, 7) is 1.44. The lowest BCUT2D eigenvalue weighted by molar-refractivity contribution is 0.0221. The van der Waals surface area contributed by atoms with Gasteiger partial charge in [-0.1, -0.05) is 18.2 Å². The Morgan fingerprint density at radius 2 is 2.00 bits per heavy atom. The summed E-state index contributed by atoms with van der Waals surface area (Å²) in [6.07, 6.45) is 0. The number of amides is 1. The van der Waals surface area contributed by atoms with Crippen molar-refractivity contribution in [3.63, 3.8) is 0 Å². The second kappa shape index (κ2) is 5.03. The molecule has 0 aliphatic heterocycles. The van der Waals surface area contributed by atoms with Crippen LogP contribution in [0.1, 0.15) is 22.8 Å².